The monoisotopic (exact) mass is 414 g/mol. The molecule has 156 valence electrons. The van der Waals surface area contributed by atoms with Crippen LogP contribution in [0.2, 0.25) is 0 Å². The molecule has 1 heteroatoms. The van der Waals surface area contributed by atoms with Crippen molar-refractivity contribution in [3.63, 3.8) is 0 Å². The molecule has 0 aliphatic carbocycles. The molecule has 0 aromatic heterocycles. The average Bonchev–Trinajstić information content (AvgIpc) is 2.85. The SMILES string of the molecule is C.Oc1cc(-c2ccccc2)c(-c2ccccc2)c(-c2ccccc2)c1-c1ccccc1. The Balaban J connectivity index is 0.00000245. The summed E-state index contributed by atoms with van der Waals surface area (Å²) in [5.41, 5.74) is 8.30. The molecule has 0 saturated carbocycles. The van der Waals surface area contributed by atoms with Crippen molar-refractivity contribution in [3.05, 3.63) is 127 Å². The van der Waals surface area contributed by atoms with Crippen molar-refractivity contribution in [2.75, 3.05) is 0 Å². The molecular weight excluding hydrogens is 388 g/mol. The minimum atomic E-state index is 0. The van der Waals surface area contributed by atoms with E-state index in [0.29, 0.717) is 0 Å². The quantitative estimate of drug-likeness (QED) is 0.312. The van der Waals surface area contributed by atoms with Crippen molar-refractivity contribution in [1.29, 1.82) is 0 Å². The van der Waals surface area contributed by atoms with Crippen LogP contribution in [-0.4, -0.2) is 5.11 Å². The predicted molar refractivity (Wildman–Crippen MR) is 137 cm³/mol. The molecule has 0 fully saturated rings. The van der Waals surface area contributed by atoms with Gasteiger partial charge in [0.1, 0.15) is 5.75 Å². The Morgan fingerprint density at radius 3 is 1.16 bits per heavy atom. The third kappa shape index (κ3) is 3.93. The van der Waals surface area contributed by atoms with E-state index < -0.39 is 0 Å². The second-order valence-electron chi connectivity index (χ2n) is 7.53. The van der Waals surface area contributed by atoms with Crippen LogP contribution in [0.1, 0.15) is 7.43 Å². The Morgan fingerprint density at radius 2 is 0.719 bits per heavy atom. The lowest BCUT2D eigenvalue weighted by Crippen LogP contribution is -1.95. The third-order valence-electron chi connectivity index (χ3n) is 5.58. The summed E-state index contributed by atoms with van der Waals surface area (Å²) in [6.07, 6.45) is 0. The highest BCUT2D eigenvalue weighted by Crippen LogP contribution is 2.49. The largest absolute Gasteiger partial charge is 0.507 e. The first-order chi connectivity index (χ1) is 15.3. The van der Waals surface area contributed by atoms with E-state index in [9.17, 15) is 5.11 Å². The summed E-state index contributed by atoms with van der Waals surface area (Å²) in [5.74, 6) is 0.281. The number of hydrogen-bond donors (Lipinski definition) is 1. The van der Waals surface area contributed by atoms with Gasteiger partial charge in [-0.3, -0.25) is 0 Å². The van der Waals surface area contributed by atoms with Crippen molar-refractivity contribution in [2.45, 2.75) is 7.43 Å². The molecule has 5 rings (SSSR count). The summed E-state index contributed by atoms with van der Waals surface area (Å²) in [6.45, 7) is 0. The zero-order valence-corrected chi connectivity index (χ0v) is 17.1. The summed E-state index contributed by atoms with van der Waals surface area (Å²) in [5, 5.41) is 11.3. The van der Waals surface area contributed by atoms with Crippen molar-refractivity contribution in [1.82, 2.24) is 0 Å². The van der Waals surface area contributed by atoms with Gasteiger partial charge in [0.05, 0.1) is 0 Å². The minimum absolute atomic E-state index is 0. The predicted octanol–water partition coefficient (Wildman–Crippen LogP) is 8.70. The van der Waals surface area contributed by atoms with Gasteiger partial charge in [0.15, 0.2) is 0 Å². The number of rotatable bonds is 4. The van der Waals surface area contributed by atoms with Gasteiger partial charge in [0.2, 0.25) is 0 Å². The molecule has 1 N–H and O–H groups in total. The summed E-state index contributed by atoms with van der Waals surface area (Å²) < 4.78 is 0. The first kappa shape index (κ1) is 21.1. The molecule has 0 atom stereocenters. The molecule has 32 heavy (non-hydrogen) atoms. The molecule has 0 radical (unpaired) electrons. The van der Waals surface area contributed by atoms with E-state index in [1.807, 2.05) is 66.7 Å². The molecule has 0 heterocycles. The minimum Gasteiger partial charge on any atom is -0.507 e. The van der Waals surface area contributed by atoms with Crippen LogP contribution in [0.25, 0.3) is 44.5 Å². The first-order valence-corrected chi connectivity index (χ1v) is 10.4. The van der Waals surface area contributed by atoms with Gasteiger partial charge in [-0.25, -0.2) is 0 Å². The zero-order valence-electron chi connectivity index (χ0n) is 17.1. The van der Waals surface area contributed by atoms with Gasteiger partial charge in [-0.15, -0.1) is 0 Å². The van der Waals surface area contributed by atoms with Gasteiger partial charge in [-0.2, -0.15) is 0 Å². The highest BCUT2D eigenvalue weighted by Gasteiger charge is 2.22. The lowest BCUT2D eigenvalue weighted by atomic mass is 9.82. The highest BCUT2D eigenvalue weighted by molar-refractivity contribution is 6.03. The van der Waals surface area contributed by atoms with Gasteiger partial charge in [0.25, 0.3) is 0 Å². The Bertz CT molecular complexity index is 1290. The lowest BCUT2D eigenvalue weighted by Gasteiger charge is -2.22. The van der Waals surface area contributed by atoms with Crippen molar-refractivity contribution in [3.8, 4) is 50.3 Å². The fourth-order valence-corrected chi connectivity index (χ4v) is 4.21. The van der Waals surface area contributed by atoms with Crippen LogP contribution in [0.4, 0.5) is 0 Å². The summed E-state index contributed by atoms with van der Waals surface area (Å²) in [4.78, 5) is 0. The van der Waals surface area contributed by atoms with E-state index in [1.165, 1.54) is 0 Å². The maximum Gasteiger partial charge on any atom is 0.124 e. The highest BCUT2D eigenvalue weighted by atomic mass is 16.3. The second-order valence-corrected chi connectivity index (χ2v) is 7.53. The Morgan fingerprint density at radius 1 is 0.375 bits per heavy atom. The molecule has 0 aliphatic rings. The molecule has 0 aliphatic heterocycles. The number of phenolic OH excluding ortho intramolecular Hbond substituents is 1. The van der Waals surface area contributed by atoms with Crippen LogP contribution in [0.15, 0.2) is 127 Å². The van der Waals surface area contributed by atoms with Crippen LogP contribution in [-0.2, 0) is 0 Å². The molecular formula is C31H26O. The molecule has 0 spiro atoms. The summed E-state index contributed by atoms with van der Waals surface area (Å²) in [6, 6.07) is 43.1. The first-order valence-electron chi connectivity index (χ1n) is 10.4. The maximum atomic E-state index is 11.3. The third-order valence-corrected chi connectivity index (χ3v) is 5.58. The fourth-order valence-electron chi connectivity index (χ4n) is 4.21. The van der Waals surface area contributed by atoms with Crippen molar-refractivity contribution < 1.29 is 5.11 Å². The van der Waals surface area contributed by atoms with Gasteiger partial charge in [-0.1, -0.05) is 129 Å². The van der Waals surface area contributed by atoms with E-state index in [-0.39, 0.29) is 13.2 Å². The Kier molecular flexibility index (Phi) is 6.19. The van der Waals surface area contributed by atoms with Crippen molar-refractivity contribution in [2.24, 2.45) is 0 Å². The zero-order chi connectivity index (χ0) is 21.0. The number of phenols is 1. The van der Waals surface area contributed by atoms with Crippen LogP contribution >= 0.6 is 0 Å². The standard InChI is InChI=1S/C30H22O.CH4/c31-27-21-26(22-13-5-1-6-14-22)28(23-15-7-2-8-16-23)30(25-19-11-4-12-20-25)29(27)24-17-9-3-10-18-24;/h1-21,31H;1H4. The van der Waals surface area contributed by atoms with Crippen LogP contribution in [0, 0.1) is 0 Å². The molecule has 5 aromatic rings. The lowest BCUT2D eigenvalue weighted by molar-refractivity contribution is 0.478. The molecule has 0 bridgehead atoms. The second kappa shape index (κ2) is 9.36. The van der Waals surface area contributed by atoms with Crippen LogP contribution in [0.3, 0.4) is 0 Å². The fraction of sp³-hybridized carbons (Fsp3) is 0.0323. The van der Waals surface area contributed by atoms with Crippen LogP contribution < -0.4 is 0 Å². The average molecular weight is 415 g/mol. The topological polar surface area (TPSA) is 20.2 Å². The molecule has 0 unspecified atom stereocenters. The van der Waals surface area contributed by atoms with E-state index in [2.05, 4.69) is 60.7 Å². The molecule has 1 nitrogen and oxygen atoms in total. The van der Waals surface area contributed by atoms with Gasteiger partial charge in [0, 0.05) is 11.1 Å². The molecule has 5 aromatic carbocycles. The number of hydrogen-bond acceptors (Lipinski definition) is 1. The normalized spacial score (nSPS) is 10.4. The maximum absolute atomic E-state index is 11.3. The summed E-state index contributed by atoms with van der Waals surface area (Å²) in [7, 11) is 0. The smallest absolute Gasteiger partial charge is 0.124 e. The summed E-state index contributed by atoms with van der Waals surface area (Å²) >= 11 is 0. The van der Waals surface area contributed by atoms with Gasteiger partial charge >= 0.3 is 0 Å². The molecule has 0 amide bonds. The van der Waals surface area contributed by atoms with Crippen LogP contribution in [0.5, 0.6) is 5.75 Å². The van der Waals surface area contributed by atoms with E-state index in [1.54, 1.807) is 0 Å². The van der Waals surface area contributed by atoms with E-state index in [0.717, 1.165) is 44.5 Å². The Hall–Kier alpha value is -4.10. The van der Waals surface area contributed by atoms with Gasteiger partial charge < -0.3 is 5.11 Å². The van der Waals surface area contributed by atoms with E-state index in [4.69, 9.17) is 0 Å². The number of aromatic hydroxyl groups is 1. The van der Waals surface area contributed by atoms with E-state index >= 15 is 0 Å². The number of benzene rings is 5. The Labute approximate surface area is 190 Å². The molecule has 0 saturated heterocycles. The van der Waals surface area contributed by atoms with Gasteiger partial charge in [-0.05, 0) is 39.4 Å². The van der Waals surface area contributed by atoms with Crippen molar-refractivity contribution >= 4 is 0 Å².